The van der Waals surface area contributed by atoms with Gasteiger partial charge in [0.25, 0.3) is 0 Å². The van der Waals surface area contributed by atoms with Gasteiger partial charge in [0, 0.05) is 49.8 Å². The highest BCUT2D eigenvalue weighted by Crippen LogP contribution is 2.27. The van der Waals surface area contributed by atoms with E-state index in [0.29, 0.717) is 0 Å². The highest BCUT2D eigenvalue weighted by molar-refractivity contribution is 7.09. The van der Waals surface area contributed by atoms with E-state index in [2.05, 4.69) is 32.4 Å². The van der Waals surface area contributed by atoms with E-state index in [-0.39, 0.29) is 0 Å². The Morgan fingerprint density at radius 1 is 0.931 bits per heavy atom. The Morgan fingerprint density at radius 2 is 1.66 bits per heavy atom. The molecule has 0 unspecified atom stereocenters. The molecule has 3 aromatic rings. The molecule has 0 bridgehead atoms. The molecule has 1 fully saturated rings. The van der Waals surface area contributed by atoms with Crippen LogP contribution in [0.3, 0.4) is 0 Å². The minimum Gasteiger partial charge on any atom is -0.497 e. The molecule has 1 aromatic heterocycles. The predicted octanol–water partition coefficient (Wildman–Crippen LogP) is 3.59. The summed E-state index contributed by atoms with van der Waals surface area (Å²) >= 11 is 1.47. The Hall–Kier alpha value is -2.64. The molecular weight excluding hydrogens is 384 g/mol. The molecule has 1 saturated heterocycles. The van der Waals surface area contributed by atoms with Crippen LogP contribution in [-0.4, -0.2) is 61.2 Å². The summed E-state index contributed by atoms with van der Waals surface area (Å²) in [5.74, 6) is 2.52. The molecule has 0 radical (unpaired) electrons. The van der Waals surface area contributed by atoms with Crippen LogP contribution in [0, 0.1) is 0 Å². The number of rotatable bonds is 7. The van der Waals surface area contributed by atoms with Crippen LogP contribution in [0.5, 0.6) is 11.5 Å². The third kappa shape index (κ3) is 4.86. The maximum Gasteiger partial charge on any atom is 0.205 e. The van der Waals surface area contributed by atoms with Crippen molar-refractivity contribution in [3.8, 4) is 22.9 Å². The van der Waals surface area contributed by atoms with E-state index in [4.69, 9.17) is 14.5 Å². The molecule has 2 aromatic carbocycles. The molecule has 1 aliphatic rings. The van der Waals surface area contributed by atoms with Gasteiger partial charge in [0.1, 0.15) is 11.5 Å². The first-order valence-corrected chi connectivity index (χ1v) is 10.6. The second kappa shape index (κ2) is 9.24. The first kappa shape index (κ1) is 19.7. The minimum atomic E-state index is 0.768. The lowest BCUT2D eigenvalue weighted by atomic mass is 10.1. The Bertz CT molecular complexity index is 938. The zero-order chi connectivity index (χ0) is 20.1. The van der Waals surface area contributed by atoms with Gasteiger partial charge in [-0.05, 0) is 36.2 Å². The van der Waals surface area contributed by atoms with Crippen molar-refractivity contribution in [1.82, 2.24) is 14.3 Å². The number of ether oxygens (including phenoxy) is 2. The molecular formula is C22H26N4O2S. The third-order valence-corrected chi connectivity index (χ3v) is 6.01. The topological polar surface area (TPSA) is 50.7 Å². The van der Waals surface area contributed by atoms with Gasteiger partial charge >= 0.3 is 0 Å². The molecule has 0 amide bonds. The van der Waals surface area contributed by atoms with Crippen LogP contribution in [0.4, 0.5) is 5.13 Å². The van der Waals surface area contributed by atoms with Gasteiger partial charge in [0.15, 0.2) is 5.82 Å². The number of anilines is 1. The molecule has 1 aliphatic heterocycles. The lowest BCUT2D eigenvalue weighted by Crippen LogP contribution is -2.47. The van der Waals surface area contributed by atoms with Gasteiger partial charge in [-0.3, -0.25) is 4.90 Å². The van der Waals surface area contributed by atoms with Crippen molar-refractivity contribution in [3.05, 3.63) is 54.1 Å². The summed E-state index contributed by atoms with van der Waals surface area (Å²) in [5.41, 5.74) is 2.31. The van der Waals surface area contributed by atoms with Crippen LogP contribution < -0.4 is 14.4 Å². The summed E-state index contributed by atoms with van der Waals surface area (Å²) in [6, 6.07) is 16.2. The van der Waals surface area contributed by atoms with Gasteiger partial charge in [0.2, 0.25) is 5.13 Å². The van der Waals surface area contributed by atoms with Crippen LogP contribution in [-0.2, 0) is 6.42 Å². The first-order valence-electron chi connectivity index (χ1n) is 9.83. The van der Waals surface area contributed by atoms with Crippen LogP contribution in [0.2, 0.25) is 0 Å². The molecule has 0 atom stereocenters. The molecule has 4 rings (SSSR count). The minimum absolute atomic E-state index is 0.768. The van der Waals surface area contributed by atoms with Gasteiger partial charge in [-0.25, -0.2) is 0 Å². The summed E-state index contributed by atoms with van der Waals surface area (Å²) in [6.45, 7) is 5.10. The molecule has 6 nitrogen and oxygen atoms in total. The van der Waals surface area contributed by atoms with Gasteiger partial charge in [-0.15, -0.1) is 0 Å². The second-order valence-electron chi connectivity index (χ2n) is 7.06. The summed E-state index contributed by atoms with van der Waals surface area (Å²) in [4.78, 5) is 9.61. The monoisotopic (exact) mass is 410 g/mol. The van der Waals surface area contributed by atoms with E-state index in [9.17, 15) is 0 Å². The summed E-state index contributed by atoms with van der Waals surface area (Å²) in [6.07, 6.45) is 1.04. The normalized spacial score (nSPS) is 14.8. The second-order valence-corrected chi connectivity index (χ2v) is 7.79. The molecule has 0 N–H and O–H groups in total. The molecule has 29 heavy (non-hydrogen) atoms. The number of methoxy groups -OCH3 is 2. The third-order valence-electron chi connectivity index (χ3n) is 5.24. The van der Waals surface area contributed by atoms with Crippen molar-refractivity contribution in [2.45, 2.75) is 6.42 Å². The van der Waals surface area contributed by atoms with Crippen molar-refractivity contribution in [3.63, 3.8) is 0 Å². The number of nitrogens with zero attached hydrogens (tertiary/aromatic N) is 4. The van der Waals surface area contributed by atoms with Crippen LogP contribution in [0.15, 0.2) is 48.5 Å². The average Bonchev–Trinajstić information content (AvgIpc) is 3.28. The maximum absolute atomic E-state index is 5.32. The lowest BCUT2D eigenvalue weighted by molar-refractivity contribution is 0.261. The molecule has 0 saturated carbocycles. The molecule has 152 valence electrons. The van der Waals surface area contributed by atoms with E-state index in [1.807, 2.05) is 30.3 Å². The van der Waals surface area contributed by atoms with Gasteiger partial charge < -0.3 is 14.4 Å². The van der Waals surface area contributed by atoms with E-state index < -0.39 is 0 Å². The van der Waals surface area contributed by atoms with E-state index >= 15 is 0 Å². The fourth-order valence-electron chi connectivity index (χ4n) is 3.50. The Morgan fingerprint density at radius 3 is 2.41 bits per heavy atom. The van der Waals surface area contributed by atoms with Gasteiger partial charge in [0.05, 0.1) is 14.2 Å². The van der Waals surface area contributed by atoms with Crippen molar-refractivity contribution in [2.24, 2.45) is 0 Å². The summed E-state index contributed by atoms with van der Waals surface area (Å²) in [7, 11) is 3.39. The zero-order valence-electron chi connectivity index (χ0n) is 16.9. The van der Waals surface area contributed by atoms with Crippen molar-refractivity contribution >= 4 is 16.7 Å². The average molecular weight is 411 g/mol. The summed E-state index contributed by atoms with van der Waals surface area (Å²) in [5, 5.41) is 0.996. The molecule has 2 heterocycles. The van der Waals surface area contributed by atoms with Crippen LogP contribution in [0.1, 0.15) is 5.56 Å². The van der Waals surface area contributed by atoms with Crippen LogP contribution in [0.25, 0.3) is 11.4 Å². The van der Waals surface area contributed by atoms with E-state index in [1.165, 1.54) is 17.1 Å². The maximum atomic E-state index is 5.32. The largest absolute Gasteiger partial charge is 0.497 e. The lowest BCUT2D eigenvalue weighted by Gasteiger charge is -2.34. The van der Waals surface area contributed by atoms with Gasteiger partial charge in [-0.1, -0.05) is 24.3 Å². The number of benzene rings is 2. The molecule has 0 spiro atoms. The van der Waals surface area contributed by atoms with Crippen molar-refractivity contribution < 1.29 is 9.47 Å². The molecule has 0 aliphatic carbocycles. The fourth-order valence-corrected chi connectivity index (χ4v) is 4.24. The first-order chi connectivity index (χ1) is 14.2. The summed E-state index contributed by atoms with van der Waals surface area (Å²) < 4.78 is 15.2. The Kier molecular flexibility index (Phi) is 6.27. The van der Waals surface area contributed by atoms with E-state index in [1.54, 1.807) is 14.2 Å². The number of hydrogen-bond donors (Lipinski definition) is 0. The highest BCUT2D eigenvalue weighted by Gasteiger charge is 2.20. The zero-order valence-corrected chi connectivity index (χ0v) is 17.7. The van der Waals surface area contributed by atoms with Crippen molar-refractivity contribution in [1.29, 1.82) is 0 Å². The standard InChI is InChI=1S/C22H26N4O2S/c1-27-19-7-3-5-17(15-19)9-10-25-11-13-26(14-12-25)22-23-21(24-29-22)18-6-4-8-20(16-18)28-2/h3-8,15-16H,9-14H2,1-2H3. The Labute approximate surface area is 175 Å². The van der Waals surface area contributed by atoms with E-state index in [0.717, 1.165) is 67.2 Å². The number of hydrogen-bond acceptors (Lipinski definition) is 7. The highest BCUT2D eigenvalue weighted by atomic mass is 32.1. The smallest absolute Gasteiger partial charge is 0.205 e. The fraction of sp³-hybridized carbons (Fsp3) is 0.364. The Balaban J connectivity index is 1.31. The van der Waals surface area contributed by atoms with Crippen LogP contribution >= 0.6 is 11.5 Å². The SMILES string of the molecule is COc1cccc(CCN2CCN(c3nc(-c4cccc(OC)c4)ns3)CC2)c1. The van der Waals surface area contributed by atoms with Gasteiger partial charge in [-0.2, -0.15) is 9.36 Å². The predicted molar refractivity (Wildman–Crippen MR) is 117 cm³/mol. The quantitative estimate of drug-likeness (QED) is 0.593. The number of piperazine rings is 1. The van der Waals surface area contributed by atoms with Crippen molar-refractivity contribution in [2.75, 3.05) is 51.8 Å². The number of aromatic nitrogens is 2. The molecule has 7 heteroatoms.